The number of anilines is 1. The molecule has 1 aliphatic rings. The molecule has 0 amide bonds. The summed E-state index contributed by atoms with van der Waals surface area (Å²) < 4.78 is 0. The van der Waals surface area contributed by atoms with Crippen LogP contribution in [0.1, 0.15) is 31.8 Å². The van der Waals surface area contributed by atoms with E-state index in [2.05, 4.69) is 0 Å². The van der Waals surface area contributed by atoms with E-state index in [1.807, 2.05) is 12.1 Å². The predicted molar refractivity (Wildman–Crippen MR) is 81.7 cm³/mol. The van der Waals surface area contributed by atoms with Crippen LogP contribution in [-0.4, -0.2) is 11.6 Å². The molecule has 0 aliphatic heterocycles. The lowest BCUT2D eigenvalue weighted by atomic mass is 9.83. The number of benzene rings is 3. The van der Waals surface area contributed by atoms with Gasteiger partial charge < -0.3 is 5.73 Å². The summed E-state index contributed by atoms with van der Waals surface area (Å²) >= 11 is 0. The number of carbonyl (C=O) groups excluding carboxylic acids is 2. The molecule has 0 saturated carbocycles. The molecule has 3 aromatic carbocycles. The van der Waals surface area contributed by atoms with Crippen LogP contribution in [0.5, 0.6) is 0 Å². The summed E-state index contributed by atoms with van der Waals surface area (Å²) in [5.41, 5.74) is 8.29. The SMILES string of the molecule is Nc1ccc2cc3c(cc2c1)C(=O)c1ccccc1C3=O. The van der Waals surface area contributed by atoms with Gasteiger partial charge in [0.15, 0.2) is 11.6 Å². The molecule has 1 aliphatic carbocycles. The zero-order valence-electron chi connectivity index (χ0n) is 11.1. The number of rotatable bonds is 0. The van der Waals surface area contributed by atoms with Gasteiger partial charge in [-0.05, 0) is 35.0 Å². The Kier molecular flexibility index (Phi) is 2.27. The van der Waals surface area contributed by atoms with E-state index in [1.165, 1.54) is 0 Å². The van der Waals surface area contributed by atoms with E-state index in [9.17, 15) is 9.59 Å². The highest BCUT2D eigenvalue weighted by Gasteiger charge is 2.29. The van der Waals surface area contributed by atoms with Crippen molar-refractivity contribution in [3.05, 3.63) is 76.9 Å². The van der Waals surface area contributed by atoms with Crippen LogP contribution < -0.4 is 5.73 Å². The van der Waals surface area contributed by atoms with Crippen LogP contribution in [-0.2, 0) is 0 Å². The average Bonchev–Trinajstić information content (AvgIpc) is 2.51. The molecule has 0 unspecified atom stereocenters. The fourth-order valence-electron chi connectivity index (χ4n) is 2.86. The molecule has 0 radical (unpaired) electrons. The topological polar surface area (TPSA) is 60.2 Å². The normalized spacial score (nSPS) is 13.1. The second-order valence-corrected chi connectivity index (χ2v) is 5.21. The maximum absolute atomic E-state index is 12.6. The number of hydrogen-bond donors (Lipinski definition) is 1. The van der Waals surface area contributed by atoms with E-state index in [-0.39, 0.29) is 11.6 Å². The molecule has 3 aromatic rings. The quantitative estimate of drug-likeness (QED) is 0.500. The number of fused-ring (bicyclic) bond motifs is 3. The standard InChI is InChI=1S/C18H11NO2/c19-12-6-5-10-8-15-16(9-11(10)7-12)18(21)14-4-2-1-3-13(14)17(15)20/h1-9H,19H2. The van der Waals surface area contributed by atoms with Crippen molar-refractivity contribution >= 4 is 28.0 Å². The van der Waals surface area contributed by atoms with Gasteiger partial charge in [0.05, 0.1) is 0 Å². The number of nitrogens with two attached hydrogens (primary N) is 1. The van der Waals surface area contributed by atoms with Crippen LogP contribution in [0.15, 0.2) is 54.6 Å². The number of carbonyl (C=O) groups is 2. The molecule has 21 heavy (non-hydrogen) atoms. The molecule has 0 saturated heterocycles. The zero-order chi connectivity index (χ0) is 14.6. The monoisotopic (exact) mass is 273 g/mol. The lowest BCUT2D eigenvalue weighted by Crippen LogP contribution is -2.20. The van der Waals surface area contributed by atoms with Gasteiger partial charge in [-0.15, -0.1) is 0 Å². The number of nitrogen functional groups attached to an aromatic ring is 1. The third-order valence-electron chi connectivity index (χ3n) is 3.91. The summed E-state index contributed by atoms with van der Waals surface area (Å²) in [5.74, 6) is -0.205. The van der Waals surface area contributed by atoms with Crippen LogP contribution in [0.25, 0.3) is 10.8 Å². The van der Waals surface area contributed by atoms with Crippen molar-refractivity contribution < 1.29 is 9.59 Å². The highest BCUT2D eigenvalue weighted by atomic mass is 16.1. The van der Waals surface area contributed by atoms with Crippen LogP contribution in [0.2, 0.25) is 0 Å². The van der Waals surface area contributed by atoms with Crippen molar-refractivity contribution in [3.63, 3.8) is 0 Å². The van der Waals surface area contributed by atoms with E-state index in [0.717, 1.165) is 10.8 Å². The van der Waals surface area contributed by atoms with Crippen LogP contribution in [0.4, 0.5) is 5.69 Å². The maximum atomic E-state index is 12.6. The summed E-state index contributed by atoms with van der Waals surface area (Å²) in [6.45, 7) is 0. The lowest BCUT2D eigenvalue weighted by molar-refractivity contribution is 0.0979. The highest BCUT2D eigenvalue weighted by Crippen LogP contribution is 2.31. The van der Waals surface area contributed by atoms with Crippen LogP contribution >= 0.6 is 0 Å². The number of hydrogen-bond acceptors (Lipinski definition) is 3. The predicted octanol–water partition coefficient (Wildman–Crippen LogP) is 3.20. The lowest BCUT2D eigenvalue weighted by Gasteiger charge is -2.18. The molecular weight excluding hydrogens is 262 g/mol. The van der Waals surface area contributed by atoms with Crippen molar-refractivity contribution in [1.82, 2.24) is 0 Å². The molecule has 0 atom stereocenters. The highest BCUT2D eigenvalue weighted by molar-refractivity contribution is 6.29. The Morgan fingerprint density at radius 1 is 0.619 bits per heavy atom. The van der Waals surface area contributed by atoms with E-state index in [4.69, 9.17) is 5.73 Å². The van der Waals surface area contributed by atoms with Gasteiger partial charge in [0.25, 0.3) is 0 Å². The summed E-state index contributed by atoms with van der Waals surface area (Å²) in [7, 11) is 0. The Morgan fingerprint density at radius 3 is 1.81 bits per heavy atom. The first kappa shape index (κ1) is 11.9. The summed E-state index contributed by atoms with van der Waals surface area (Å²) in [6.07, 6.45) is 0. The molecular formula is C18H11NO2. The Balaban J connectivity index is 2.06. The third kappa shape index (κ3) is 1.61. The van der Waals surface area contributed by atoms with Gasteiger partial charge in [0.2, 0.25) is 0 Å². The Labute approximate surface area is 121 Å². The van der Waals surface area contributed by atoms with Crippen molar-refractivity contribution in [3.8, 4) is 0 Å². The number of ketones is 2. The molecule has 0 heterocycles. The van der Waals surface area contributed by atoms with Gasteiger partial charge in [-0.25, -0.2) is 0 Å². The molecule has 3 heteroatoms. The van der Waals surface area contributed by atoms with E-state index in [0.29, 0.717) is 27.9 Å². The Morgan fingerprint density at radius 2 is 1.19 bits per heavy atom. The minimum atomic E-state index is -0.107. The van der Waals surface area contributed by atoms with Gasteiger partial charge in [0.1, 0.15) is 0 Å². The molecule has 4 rings (SSSR count). The van der Waals surface area contributed by atoms with E-state index in [1.54, 1.807) is 42.5 Å². The third-order valence-corrected chi connectivity index (χ3v) is 3.91. The zero-order valence-corrected chi connectivity index (χ0v) is 11.1. The maximum Gasteiger partial charge on any atom is 0.194 e. The Hall–Kier alpha value is -2.94. The first-order chi connectivity index (χ1) is 10.1. The second-order valence-electron chi connectivity index (χ2n) is 5.21. The van der Waals surface area contributed by atoms with Crippen LogP contribution in [0, 0.1) is 0 Å². The van der Waals surface area contributed by atoms with Crippen molar-refractivity contribution in [2.75, 3.05) is 5.73 Å². The van der Waals surface area contributed by atoms with Gasteiger partial charge in [-0.3, -0.25) is 9.59 Å². The summed E-state index contributed by atoms with van der Waals surface area (Å²) in [5, 5.41) is 1.78. The fourth-order valence-corrected chi connectivity index (χ4v) is 2.86. The largest absolute Gasteiger partial charge is 0.399 e. The van der Waals surface area contributed by atoms with Gasteiger partial charge in [0, 0.05) is 27.9 Å². The molecule has 100 valence electrons. The van der Waals surface area contributed by atoms with Crippen molar-refractivity contribution in [2.45, 2.75) is 0 Å². The fraction of sp³-hybridized carbons (Fsp3) is 0. The molecule has 2 N–H and O–H groups in total. The van der Waals surface area contributed by atoms with E-state index >= 15 is 0 Å². The minimum absolute atomic E-state index is 0.0982. The van der Waals surface area contributed by atoms with Crippen LogP contribution in [0.3, 0.4) is 0 Å². The molecule has 0 fully saturated rings. The molecule has 0 spiro atoms. The van der Waals surface area contributed by atoms with Gasteiger partial charge in [-0.1, -0.05) is 30.3 Å². The summed E-state index contributed by atoms with van der Waals surface area (Å²) in [6, 6.07) is 15.9. The van der Waals surface area contributed by atoms with E-state index < -0.39 is 0 Å². The average molecular weight is 273 g/mol. The smallest absolute Gasteiger partial charge is 0.194 e. The second kappa shape index (κ2) is 4.03. The van der Waals surface area contributed by atoms with Gasteiger partial charge in [-0.2, -0.15) is 0 Å². The minimum Gasteiger partial charge on any atom is -0.399 e. The molecule has 0 bridgehead atoms. The van der Waals surface area contributed by atoms with Crippen molar-refractivity contribution in [2.24, 2.45) is 0 Å². The molecule has 3 nitrogen and oxygen atoms in total. The van der Waals surface area contributed by atoms with Crippen molar-refractivity contribution in [1.29, 1.82) is 0 Å². The summed E-state index contributed by atoms with van der Waals surface area (Å²) in [4.78, 5) is 25.2. The molecule has 0 aromatic heterocycles. The Bertz CT molecular complexity index is 941. The first-order valence-corrected chi connectivity index (χ1v) is 6.67. The first-order valence-electron chi connectivity index (χ1n) is 6.67. The van der Waals surface area contributed by atoms with Gasteiger partial charge >= 0.3 is 0 Å².